The van der Waals surface area contributed by atoms with Crippen LogP contribution in [0, 0.1) is 0 Å². The summed E-state index contributed by atoms with van der Waals surface area (Å²) < 4.78 is 3.08. The van der Waals surface area contributed by atoms with Gasteiger partial charge in [0.1, 0.15) is 0 Å². The third-order valence-corrected chi connectivity index (χ3v) is 0.468. The SMILES string of the molecule is N[SiH2]N=C=O. The number of nitrogens with zero attached hydrogens (tertiary/aromatic N) is 1. The highest BCUT2D eigenvalue weighted by Gasteiger charge is 1.54. The van der Waals surface area contributed by atoms with E-state index in [-0.39, 0.29) is 0 Å². The molecule has 0 heterocycles. The summed E-state index contributed by atoms with van der Waals surface area (Å²) in [6.45, 7) is 0. The molecule has 0 rings (SSSR count). The first-order chi connectivity index (χ1) is 2.41. The highest BCUT2D eigenvalue weighted by atomic mass is 28.2. The number of nitrogens with two attached hydrogens (primary N) is 1. The first-order valence-electron chi connectivity index (χ1n) is 1.15. The molecule has 0 radical (unpaired) electrons. The van der Waals surface area contributed by atoms with Crippen molar-refractivity contribution in [1.82, 2.24) is 0 Å². The third kappa shape index (κ3) is 3.56. The standard InChI is InChI=1S/CH4N2OSi/c2-5-3-1-4/h2,5H2. The van der Waals surface area contributed by atoms with Gasteiger partial charge in [-0.2, -0.15) is 0 Å². The molecule has 0 aliphatic heterocycles. The molecule has 2 N–H and O–H groups in total. The van der Waals surface area contributed by atoms with Crippen LogP contribution in [0.1, 0.15) is 0 Å². The molecule has 0 aromatic rings. The van der Waals surface area contributed by atoms with Gasteiger partial charge in [-0.25, -0.2) is 9.45 Å². The average molecular weight is 88.1 g/mol. The molecule has 5 heavy (non-hydrogen) atoms. The maximum atomic E-state index is 9.07. The van der Waals surface area contributed by atoms with Crippen molar-refractivity contribution in [3.63, 3.8) is 0 Å². The van der Waals surface area contributed by atoms with Crippen LogP contribution in [0.2, 0.25) is 0 Å². The smallest absolute Gasteiger partial charge is 0.235 e. The van der Waals surface area contributed by atoms with Gasteiger partial charge >= 0.3 is 0 Å². The molecule has 0 bridgehead atoms. The Morgan fingerprint density at radius 3 is 2.60 bits per heavy atom. The van der Waals surface area contributed by atoms with E-state index >= 15 is 0 Å². The molecule has 0 saturated carbocycles. The molecule has 0 aromatic heterocycles. The molecule has 0 atom stereocenters. The second kappa shape index (κ2) is 3.56. The van der Waals surface area contributed by atoms with Crippen molar-refractivity contribution in [2.75, 3.05) is 0 Å². The Morgan fingerprint density at radius 1 is 2.00 bits per heavy atom. The first kappa shape index (κ1) is 4.56. The zero-order chi connectivity index (χ0) is 4.12. The average Bonchev–Trinajstić information content (AvgIpc) is 1.41. The van der Waals surface area contributed by atoms with Gasteiger partial charge in [0.15, 0.2) is 0 Å². The second-order valence-electron chi connectivity index (χ2n) is 0.432. The van der Waals surface area contributed by atoms with Crippen molar-refractivity contribution < 1.29 is 4.79 Å². The lowest BCUT2D eigenvalue weighted by molar-refractivity contribution is 0.566. The first-order valence-corrected chi connectivity index (χ1v) is 2.60. The van der Waals surface area contributed by atoms with Crippen LogP contribution in [-0.4, -0.2) is 15.9 Å². The second-order valence-corrected chi connectivity index (χ2v) is 1.11. The lowest BCUT2D eigenvalue weighted by Gasteiger charge is -1.58. The summed E-state index contributed by atoms with van der Waals surface area (Å²) in [5.74, 6) is 0. The summed E-state index contributed by atoms with van der Waals surface area (Å²) in [5, 5.41) is 4.85. The van der Waals surface area contributed by atoms with Gasteiger partial charge in [0.25, 0.3) is 0 Å². The van der Waals surface area contributed by atoms with Crippen LogP contribution in [0.3, 0.4) is 0 Å². The Morgan fingerprint density at radius 2 is 2.60 bits per heavy atom. The molecule has 0 unspecified atom stereocenters. The molecule has 3 nitrogen and oxygen atoms in total. The van der Waals surface area contributed by atoms with Gasteiger partial charge in [-0.1, -0.05) is 0 Å². The minimum absolute atomic E-state index is 0.885. The minimum Gasteiger partial charge on any atom is -0.338 e. The zero-order valence-corrected chi connectivity index (χ0v) is 4.05. The van der Waals surface area contributed by atoms with Gasteiger partial charge in [-0.15, -0.1) is 0 Å². The normalized spacial score (nSPS) is 8.20. The van der Waals surface area contributed by atoms with Crippen molar-refractivity contribution in [3.8, 4) is 0 Å². The fraction of sp³-hybridized carbons (Fsp3) is 0. The van der Waals surface area contributed by atoms with Gasteiger partial charge < -0.3 is 5.40 Å². The van der Waals surface area contributed by atoms with Crippen molar-refractivity contribution in [3.05, 3.63) is 0 Å². The summed E-state index contributed by atoms with van der Waals surface area (Å²) in [6.07, 6.45) is 1.33. The summed E-state index contributed by atoms with van der Waals surface area (Å²) in [7, 11) is -0.885. The highest BCUT2D eigenvalue weighted by Crippen LogP contribution is 1.34. The van der Waals surface area contributed by atoms with Crippen molar-refractivity contribution in [2.45, 2.75) is 0 Å². The van der Waals surface area contributed by atoms with E-state index in [1.54, 1.807) is 0 Å². The Balaban J connectivity index is 2.93. The fourth-order valence-corrected chi connectivity index (χ4v) is 0.112. The van der Waals surface area contributed by atoms with Crippen molar-refractivity contribution in [1.29, 1.82) is 0 Å². The highest BCUT2D eigenvalue weighted by molar-refractivity contribution is 6.29. The van der Waals surface area contributed by atoms with Crippen LogP contribution >= 0.6 is 0 Å². The lowest BCUT2D eigenvalue weighted by Crippen LogP contribution is -1.98. The number of hydrogen-bond donors (Lipinski definition) is 1. The van der Waals surface area contributed by atoms with Crippen LogP contribution in [0.5, 0.6) is 0 Å². The number of hydrogen-bond acceptors (Lipinski definition) is 3. The quantitative estimate of drug-likeness (QED) is 0.235. The maximum Gasteiger partial charge on any atom is 0.235 e. The van der Waals surface area contributed by atoms with Crippen LogP contribution < -0.4 is 5.40 Å². The summed E-state index contributed by atoms with van der Waals surface area (Å²) in [6, 6.07) is 0. The largest absolute Gasteiger partial charge is 0.338 e. The van der Waals surface area contributed by atoms with E-state index in [4.69, 9.17) is 10.2 Å². The van der Waals surface area contributed by atoms with Crippen LogP contribution in [0.15, 0.2) is 4.66 Å². The molecule has 0 fully saturated rings. The van der Waals surface area contributed by atoms with Crippen LogP contribution in [-0.2, 0) is 4.79 Å². The van der Waals surface area contributed by atoms with E-state index in [0.29, 0.717) is 0 Å². The molecule has 0 aromatic carbocycles. The van der Waals surface area contributed by atoms with E-state index in [2.05, 4.69) is 4.66 Å². The van der Waals surface area contributed by atoms with Gasteiger partial charge in [0, 0.05) is 0 Å². The van der Waals surface area contributed by atoms with Gasteiger partial charge in [-0.05, 0) is 0 Å². The zero-order valence-electron chi connectivity index (χ0n) is 2.64. The van der Waals surface area contributed by atoms with E-state index in [0.717, 1.165) is 0 Å². The predicted octanol–water partition coefficient (Wildman–Crippen LogP) is -1.72. The van der Waals surface area contributed by atoms with E-state index in [1.165, 1.54) is 6.08 Å². The Labute approximate surface area is 31.9 Å². The van der Waals surface area contributed by atoms with Gasteiger partial charge in [0.2, 0.25) is 15.9 Å². The molecule has 0 saturated heterocycles. The number of carbonyl (C=O) groups excluding carboxylic acids is 1. The molecular weight excluding hydrogens is 84.1 g/mol. The van der Waals surface area contributed by atoms with Gasteiger partial charge in [0.05, 0.1) is 0 Å². The third-order valence-electron chi connectivity index (χ3n) is 0.156. The molecule has 0 aliphatic rings. The van der Waals surface area contributed by atoms with Crippen LogP contribution in [0.25, 0.3) is 0 Å². The summed E-state index contributed by atoms with van der Waals surface area (Å²) >= 11 is 0. The molecule has 0 amide bonds. The topological polar surface area (TPSA) is 55.4 Å². The fourth-order valence-electron chi connectivity index (χ4n) is 0.0373. The van der Waals surface area contributed by atoms with E-state index in [9.17, 15) is 0 Å². The number of rotatable bonds is 1. The Bertz CT molecular complexity index is 56.7. The molecule has 0 aliphatic carbocycles. The minimum atomic E-state index is -0.885. The van der Waals surface area contributed by atoms with E-state index < -0.39 is 9.84 Å². The Hall–Kier alpha value is -0.443. The van der Waals surface area contributed by atoms with Crippen LogP contribution in [0.4, 0.5) is 0 Å². The lowest BCUT2D eigenvalue weighted by atomic mass is 11.7. The summed E-state index contributed by atoms with van der Waals surface area (Å²) in [5.41, 5.74) is 0. The number of isocyanates is 1. The maximum absolute atomic E-state index is 9.07. The molecule has 4 heteroatoms. The predicted molar refractivity (Wildman–Crippen MR) is 20.9 cm³/mol. The molecular formula is CH4N2OSi. The Kier molecular flexibility index (Phi) is 3.24. The van der Waals surface area contributed by atoms with E-state index in [1.807, 2.05) is 0 Å². The summed E-state index contributed by atoms with van der Waals surface area (Å²) in [4.78, 5) is 9.07. The molecule has 28 valence electrons. The van der Waals surface area contributed by atoms with Gasteiger partial charge in [-0.3, -0.25) is 0 Å². The van der Waals surface area contributed by atoms with Crippen molar-refractivity contribution in [2.24, 2.45) is 10.1 Å². The monoisotopic (exact) mass is 88.0 g/mol. The molecule has 0 spiro atoms. The van der Waals surface area contributed by atoms with Crippen molar-refractivity contribution >= 4 is 15.9 Å².